The lowest BCUT2D eigenvalue weighted by molar-refractivity contribution is -0.133. The second-order valence-corrected chi connectivity index (χ2v) is 18.2. The minimum absolute atomic E-state index is 0.0213. The summed E-state index contributed by atoms with van der Waals surface area (Å²) >= 11 is 0. The molecule has 4 heterocycles. The largest absolute Gasteiger partial charge is 0.395 e. The Morgan fingerprint density at radius 2 is 1.48 bits per heavy atom. The number of aliphatic hydroxyl groups excluding tert-OH is 1. The third kappa shape index (κ3) is 17.8. The number of carbonyl (C=O) groups is 4. The summed E-state index contributed by atoms with van der Waals surface area (Å²) in [6.07, 6.45) is 9.83. The Morgan fingerprint density at radius 1 is 0.853 bits per heavy atom. The smallest absolute Gasteiger partial charge is 0.250 e. The normalized spacial score (nSPS) is 14.4. The fraction of sp³-hybridized carbons (Fsp3) is 0.519. The number of nitrogens with two attached hydrogens (primary N) is 1. The Morgan fingerprint density at radius 3 is 2.08 bits per heavy atom. The van der Waals surface area contributed by atoms with E-state index in [1.165, 1.54) is 0 Å². The summed E-state index contributed by atoms with van der Waals surface area (Å²) in [5, 5.41) is 15.4. The van der Waals surface area contributed by atoms with E-state index in [0.717, 1.165) is 28.8 Å². The van der Waals surface area contributed by atoms with E-state index in [-0.39, 0.29) is 62.8 Å². The molecule has 21 nitrogen and oxygen atoms in total. The topological polar surface area (TPSA) is 255 Å². The van der Waals surface area contributed by atoms with Gasteiger partial charge in [-0.3, -0.25) is 24.2 Å². The van der Waals surface area contributed by atoms with Crippen molar-refractivity contribution in [3.05, 3.63) is 89.0 Å². The Kier molecular flexibility index (Phi) is 23.3. The molecule has 2 aromatic heterocycles. The van der Waals surface area contributed by atoms with Crippen LogP contribution in [0.1, 0.15) is 72.8 Å². The molecule has 6 rings (SSSR count). The number of nitrogens with zero attached hydrogens (tertiary/aromatic N) is 7. The van der Waals surface area contributed by atoms with E-state index >= 15 is 0 Å². The van der Waals surface area contributed by atoms with Crippen molar-refractivity contribution in [2.75, 3.05) is 136 Å². The van der Waals surface area contributed by atoms with Crippen molar-refractivity contribution in [1.82, 2.24) is 30.1 Å². The molecular formula is C54H74N10O11. The summed E-state index contributed by atoms with van der Waals surface area (Å²) in [5.74, 6) is 0.186. The molecule has 4 amide bonds. The van der Waals surface area contributed by atoms with Gasteiger partial charge in [0.15, 0.2) is 0 Å². The average molecular weight is 1040 g/mol. The number of nitrogens with one attached hydrogen (secondary N) is 2. The SMILES string of the molecule is C=Cc1cc(C=C)nc(N(C)CC(=O)NCCOCCOCCOCCOCCOCCOCCC(=O)N2CCc3ncc(NC(=O)C4(c5ccc6c(c5)N=C(N)CC(C(=O)N(CCC)CCO)=C6)CC4)cc3C2)n1. The number of aromatic nitrogens is 3. The summed E-state index contributed by atoms with van der Waals surface area (Å²) in [5.41, 5.74) is 11.9. The number of carbonyl (C=O) groups excluding carboxylic acids is 4. The highest BCUT2D eigenvalue weighted by atomic mass is 16.6. The molecule has 3 aliphatic rings. The molecule has 0 radical (unpaired) electrons. The molecule has 0 atom stereocenters. The molecule has 1 fully saturated rings. The number of likely N-dealkylation sites (N-methyl/N-ethyl adjacent to an activating group) is 1. The van der Waals surface area contributed by atoms with Crippen LogP contribution in [0.3, 0.4) is 0 Å². The van der Waals surface area contributed by atoms with Crippen LogP contribution in [0.4, 0.5) is 17.3 Å². The van der Waals surface area contributed by atoms with Crippen molar-refractivity contribution >= 4 is 65.0 Å². The number of amidine groups is 1. The quantitative estimate of drug-likeness (QED) is 0.0625. The Labute approximate surface area is 439 Å². The zero-order chi connectivity index (χ0) is 53.4. The molecule has 21 heteroatoms. The van der Waals surface area contributed by atoms with Gasteiger partial charge in [-0.25, -0.2) is 15.0 Å². The standard InChI is InChI=1S/C54H74N10O11/c1-5-15-63(17-18-65)51(68)40-31-39-8-9-42(34-47(39)61-48(55)33-40)54(12-13-54)52(69)58-45-32-41-37-64(16-10-46(41)57-36-45)50(67)11-19-70-21-23-72-25-27-74-29-30-75-28-26-73-24-22-71-20-14-56-49(66)38-62(4)53-59-43(6-2)35-44(7-3)60-53/h6-9,31-32,34-36,65H,2-3,5,10-30,33,37-38H2,1,4H3,(H2,55,61)(H,56,66)(H,58,69). The van der Waals surface area contributed by atoms with E-state index in [0.29, 0.717) is 158 Å². The number of hydrogen-bond donors (Lipinski definition) is 4. The van der Waals surface area contributed by atoms with Gasteiger partial charge in [0.2, 0.25) is 29.6 Å². The average Bonchev–Trinajstić information content (AvgIpc) is 4.26. The molecule has 1 aromatic carbocycles. The fourth-order valence-electron chi connectivity index (χ4n) is 8.44. The first-order valence-electron chi connectivity index (χ1n) is 25.7. The number of fused-ring (bicyclic) bond motifs is 2. The molecule has 75 heavy (non-hydrogen) atoms. The highest BCUT2D eigenvalue weighted by Crippen LogP contribution is 2.50. The van der Waals surface area contributed by atoms with Gasteiger partial charge in [-0.05, 0) is 66.8 Å². The molecule has 1 aliphatic carbocycles. The predicted octanol–water partition coefficient (Wildman–Crippen LogP) is 3.46. The van der Waals surface area contributed by atoms with Gasteiger partial charge in [-0.15, -0.1) is 0 Å². The monoisotopic (exact) mass is 1040 g/mol. The van der Waals surface area contributed by atoms with Crippen molar-refractivity contribution in [2.24, 2.45) is 10.7 Å². The summed E-state index contributed by atoms with van der Waals surface area (Å²) < 4.78 is 33.4. The number of amides is 4. The van der Waals surface area contributed by atoms with E-state index in [1.54, 1.807) is 52.2 Å². The van der Waals surface area contributed by atoms with Crippen LogP contribution in [0.5, 0.6) is 0 Å². The zero-order valence-electron chi connectivity index (χ0n) is 43.5. The second-order valence-electron chi connectivity index (χ2n) is 18.2. The van der Waals surface area contributed by atoms with Crippen LogP contribution in [-0.4, -0.2) is 185 Å². The van der Waals surface area contributed by atoms with Crippen molar-refractivity contribution in [2.45, 2.75) is 57.4 Å². The van der Waals surface area contributed by atoms with Crippen LogP contribution in [0.25, 0.3) is 18.2 Å². The van der Waals surface area contributed by atoms with Gasteiger partial charge in [0.25, 0.3) is 0 Å². The van der Waals surface area contributed by atoms with E-state index in [2.05, 4.69) is 43.7 Å². The van der Waals surface area contributed by atoms with Crippen LogP contribution in [0.15, 0.2) is 60.3 Å². The number of hydrogen-bond acceptors (Lipinski definition) is 17. The summed E-state index contributed by atoms with van der Waals surface area (Å²) in [6, 6.07) is 9.34. The van der Waals surface area contributed by atoms with Gasteiger partial charge in [-0.2, -0.15) is 0 Å². The third-order valence-electron chi connectivity index (χ3n) is 12.6. The Bertz CT molecular complexity index is 2450. The number of rotatable bonds is 34. The lowest BCUT2D eigenvalue weighted by Crippen LogP contribution is -2.37. The van der Waals surface area contributed by atoms with E-state index in [9.17, 15) is 24.3 Å². The molecule has 0 saturated heterocycles. The fourth-order valence-corrected chi connectivity index (χ4v) is 8.44. The van der Waals surface area contributed by atoms with Crippen molar-refractivity contribution in [1.29, 1.82) is 0 Å². The summed E-state index contributed by atoms with van der Waals surface area (Å²) in [7, 11) is 1.74. The number of pyridine rings is 1. The van der Waals surface area contributed by atoms with Crippen molar-refractivity contribution in [3.63, 3.8) is 0 Å². The van der Waals surface area contributed by atoms with E-state index in [1.807, 2.05) is 31.2 Å². The van der Waals surface area contributed by atoms with E-state index in [4.69, 9.17) is 34.2 Å². The summed E-state index contributed by atoms with van der Waals surface area (Å²) in [4.78, 5) is 75.8. The Hall–Kier alpha value is -6.46. The molecule has 0 unspecified atom stereocenters. The Balaban J connectivity index is 0.766. The molecular weight excluding hydrogens is 965 g/mol. The lowest BCUT2D eigenvalue weighted by atomic mass is 9.92. The molecule has 0 bridgehead atoms. The van der Waals surface area contributed by atoms with E-state index < -0.39 is 5.41 Å². The van der Waals surface area contributed by atoms with Gasteiger partial charge in [0.05, 0.1) is 133 Å². The number of anilines is 2. The number of aliphatic imine (C=N–C) groups is 1. The molecule has 1 saturated carbocycles. The van der Waals surface area contributed by atoms with Crippen LogP contribution in [0.2, 0.25) is 0 Å². The number of aliphatic hydroxyl groups is 1. The number of ether oxygens (including phenoxy) is 6. The van der Waals surface area contributed by atoms with Crippen LogP contribution < -0.4 is 21.3 Å². The van der Waals surface area contributed by atoms with Gasteiger partial charge >= 0.3 is 0 Å². The van der Waals surface area contributed by atoms with Crippen molar-refractivity contribution < 1.29 is 52.7 Å². The lowest BCUT2D eigenvalue weighted by Gasteiger charge is -2.29. The first-order chi connectivity index (χ1) is 36.5. The highest BCUT2D eigenvalue weighted by Gasteiger charge is 2.51. The maximum atomic E-state index is 13.9. The molecule has 406 valence electrons. The number of benzene rings is 1. The summed E-state index contributed by atoms with van der Waals surface area (Å²) in [6.45, 7) is 16.1. The van der Waals surface area contributed by atoms with Gasteiger partial charge in [-0.1, -0.05) is 32.2 Å². The van der Waals surface area contributed by atoms with Gasteiger partial charge in [0.1, 0.15) is 5.84 Å². The maximum Gasteiger partial charge on any atom is 0.250 e. The molecule has 0 spiro atoms. The third-order valence-corrected chi connectivity index (χ3v) is 12.6. The van der Waals surface area contributed by atoms with Crippen LogP contribution in [-0.2, 0) is 66.0 Å². The van der Waals surface area contributed by atoms with Gasteiger partial charge in [0, 0.05) is 69.4 Å². The van der Waals surface area contributed by atoms with Crippen molar-refractivity contribution in [3.8, 4) is 0 Å². The van der Waals surface area contributed by atoms with Gasteiger partial charge < -0.3 is 64.6 Å². The first-order valence-corrected chi connectivity index (χ1v) is 25.7. The molecule has 3 aromatic rings. The molecule has 2 aliphatic heterocycles. The predicted molar refractivity (Wildman–Crippen MR) is 285 cm³/mol. The van der Waals surface area contributed by atoms with Crippen LogP contribution >= 0.6 is 0 Å². The minimum Gasteiger partial charge on any atom is -0.395 e. The van der Waals surface area contributed by atoms with Crippen LogP contribution in [0, 0.1) is 0 Å². The molecule has 5 N–H and O–H groups in total. The minimum atomic E-state index is -0.739. The maximum absolute atomic E-state index is 13.9. The first kappa shape index (κ1) is 57.8. The second kappa shape index (κ2) is 30.2. The highest BCUT2D eigenvalue weighted by molar-refractivity contribution is 6.06. The zero-order valence-corrected chi connectivity index (χ0v) is 43.5.